The van der Waals surface area contributed by atoms with Gasteiger partial charge in [0.25, 0.3) is 0 Å². The number of halogens is 1. The van der Waals surface area contributed by atoms with Gasteiger partial charge in [-0.1, -0.05) is 0 Å². The Morgan fingerprint density at radius 1 is 1.62 bits per heavy atom. The van der Waals surface area contributed by atoms with Gasteiger partial charge in [-0.25, -0.2) is 9.18 Å². The van der Waals surface area contributed by atoms with Gasteiger partial charge in [0.1, 0.15) is 6.67 Å². The molecule has 3 nitrogen and oxygen atoms in total. The van der Waals surface area contributed by atoms with E-state index in [0.717, 1.165) is 0 Å². The molecule has 0 aliphatic heterocycles. The third-order valence-electron chi connectivity index (χ3n) is 1.62. The van der Waals surface area contributed by atoms with E-state index in [1.807, 2.05) is 0 Å². The number of carboxylic acids is 1. The van der Waals surface area contributed by atoms with E-state index in [1.165, 1.54) is 18.2 Å². The normalized spacial score (nSPS) is 9.23. The Kier molecular flexibility index (Phi) is 2.60. The minimum Gasteiger partial charge on any atom is -0.478 e. The van der Waals surface area contributed by atoms with Gasteiger partial charge in [0.15, 0.2) is 0 Å². The van der Waals surface area contributed by atoms with Crippen molar-refractivity contribution in [3.63, 3.8) is 0 Å². The van der Waals surface area contributed by atoms with E-state index >= 15 is 0 Å². The third kappa shape index (κ3) is 1.82. The van der Waals surface area contributed by atoms with Gasteiger partial charge in [-0.15, -0.1) is 0 Å². The maximum Gasteiger partial charge on any atom is 0.335 e. The van der Waals surface area contributed by atoms with Gasteiger partial charge in [-0.05, 0) is 18.2 Å². The zero-order valence-corrected chi connectivity index (χ0v) is 6.62. The van der Waals surface area contributed by atoms with Crippen LogP contribution in [0.3, 0.4) is 0 Å². The second kappa shape index (κ2) is 3.68. The molecule has 13 heavy (non-hydrogen) atoms. The molecule has 4 heteroatoms. The second-order valence-corrected chi connectivity index (χ2v) is 2.42. The van der Waals surface area contributed by atoms with Gasteiger partial charge in [-0.3, -0.25) is 0 Å². The fraction of sp³-hybridized carbons (Fsp3) is 0.111. The van der Waals surface area contributed by atoms with Crippen LogP contribution < -0.4 is 0 Å². The molecule has 0 amide bonds. The van der Waals surface area contributed by atoms with Gasteiger partial charge in [0.2, 0.25) is 0 Å². The summed E-state index contributed by atoms with van der Waals surface area (Å²) >= 11 is 0. The van der Waals surface area contributed by atoms with E-state index in [4.69, 9.17) is 10.4 Å². The molecule has 0 unspecified atom stereocenters. The monoisotopic (exact) mass is 179 g/mol. The molecule has 66 valence electrons. The van der Waals surface area contributed by atoms with Gasteiger partial charge in [-0.2, -0.15) is 5.26 Å². The van der Waals surface area contributed by atoms with Crippen LogP contribution in [0.15, 0.2) is 18.2 Å². The maximum atomic E-state index is 12.3. The van der Waals surface area contributed by atoms with Crippen LogP contribution in [0.5, 0.6) is 0 Å². The standard InChI is InChI=1S/C9H6FNO2/c10-4-8-3-6(9(12)13)1-2-7(8)5-11/h1-3H,4H2,(H,12,13). The Labute approximate surface area is 74.0 Å². The minimum absolute atomic E-state index is 0.00773. The van der Waals surface area contributed by atoms with Crippen molar-refractivity contribution in [2.24, 2.45) is 0 Å². The summed E-state index contributed by atoms with van der Waals surface area (Å²) in [7, 11) is 0. The van der Waals surface area contributed by atoms with E-state index in [-0.39, 0.29) is 16.7 Å². The summed E-state index contributed by atoms with van der Waals surface area (Å²) in [4.78, 5) is 10.5. The molecular weight excluding hydrogens is 173 g/mol. The highest BCUT2D eigenvalue weighted by atomic mass is 19.1. The molecule has 0 aliphatic rings. The molecule has 1 aromatic rings. The van der Waals surface area contributed by atoms with Crippen LogP contribution in [0.2, 0.25) is 0 Å². The van der Waals surface area contributed by atoms with Crippen molar-refractivity contribution in [3.8, 4) is 6.07 Å². The summed E-state index contributed by atoms with van der Waals surface area (Å²) in [6, 6.07) is 5.53. The van der Waals surface area contributed by atoms with Crippen molar-refractivity contribution in [3.05, 3.63) is 34.9 Å². The van der Waals surface area contributed by atoms with Crippen LogP contribution in [-0.2, 0) is 6.67 Å². The molecule has 1 rings (SSSR count). The Bertz CT molecular complexity index is 382. The van der Waals surface area contributed by atoms with Crippen molar-refractivity contribution in [2.45, 2.75) is 6.67 Å². The van der Waals surface area contributed by atoms with Crippen LogP contribution >= 0.6 is 0 Å². The van der Waals surface area contributed by atoms with Crippen molar-refractivity contribution in [1.82, 2.24) is 0 Å². The predicted molar refractivity (Wildman–Crippen MR) is 42.9 cm³/mol. The molecule has 0 saturated heterocycles. The molecule has 0 fully saturated rings. The molecule has 0 heterocycles. The van der Waals surface area contributed by atoms with Crippen molar-refractivity contribution in [2.75, 3.05) is 0 Å². The van der Waals surface area contributed by atoms with E-state index in [9.17, 15) is 9.18 Å². The second-order valence-electron chi connectivity index (χ2n) is 2.42. The van der Waals surface area contributed by atoms with E-state index in [0.29, 0.717) is 0 Å². The van der Waals surface area contributed by atoms with Crippen molar-refractivity contribution < 1.29 is 14.3 Å². The Morgan fingerprint density at radius 2 is 2.31 bits per heavy atom. The quantitative estimate of drug-likeness (QED) is 0.751. The van der Waals surface area contributed by atoms with Crippen LogP contribution in [-0.4, -0.2) is 11.1 Å². The lowest BCUT2D eigenvalue weighted by Crippen LogP contribution is -1.98. The first-order valence-electron chi connectivity index (χ1n) is 3.51. The zero-order chi connectivity index (χ0) is 9.84. The molecule has 0 aromatic heterocycles. The number of alkyl halides is 1. The van der Waals surface area contributed by atoms with Gasteiger partial charge < -0.3 is 5.11 Å². The summed E-state index contributed by atoms with van der Waals surface area (Å²) in [5.41, 5.74) is 0.279. The van der Waals surface area contributed by atoms with Crippen LogP contribution in [0.1, 0.15) is 21.5 Å². The van der Waals surface area contributed by atoms with Crippen LogP contribution in [0.25, 0.3) is 0 Å². The molecule has 0 saturated carbocycles. The van der Waals surface area contributed by atoms with Gasteiger partial charge >= 0.3 is 5.97 Å². The minimum atomic E-state index is -1.13. The average molecular weight is 179 g/mol. The summed E-state index contributed by atoms with van der Waals surface area (Å²) in [5.74, 6) is -1.13. The Morgan fingerprint density at radius 3 is 2.77 bits per heavy atom. The lowest BCUT2D eigenvalue weighted by Gasteiger charge is -1.99. The van der Waals surface area contributed by atoms with Crippen LogP contribution in [0, 0.1) is 11.3 Å². The summed E-state index contributed by atoms with van der Waals surface area (Å²) < 4.78 is 12.3. The fourth-order valence-electron chi connectivity index (χ4n) is 0.946. The third-order valence-corrected chi connectivity index (χ3v) is 1.62. The predicted octanol–water partition coefficient (Wildman–Crippen LogP) is 1.73. The van der Waals surface area contributed by atoms with Gasteiger partial charge in [0, 0.05) is 5.56 Å². The first kappa shape index (κ1) is 9.20. The molecule has 0 atom stereocenters. The Hall–Kier alpha value is -1.89. The maximum absolute atomic E-state index is 12.3. The summed E-state index contributed by atoms with van der Waals surface area (Å²) in [6.07, 6.45) is 0. The SMILES string of the molecule is N#Cc1ccc(C(=O)O)cc1CF. The zero-order valence-electron chi connectivity index (χ0n) is 6.62. The van der Waals surface area contributed by atoms with Crippen molar-refractivity contribution >= 4 is 5.97 Å². The number of nitrogens with zero attached hydrogens (tertiary/aromatic N) is 1. The highest BCUT2D eigenvalue weighted by molar-refractivity contribution is 5.88. The molecule has 0 bridgehead atoms. The van der Waals surface area contributed by atoms with Crippen LogP contribution in [0.4, 0.5) is 4.39 Å². The fourth-order valence-corrected chi connectivity index (χ4v) is 0.946. The largest absolute Gasteiger partial charge is 0.478 e. The number of benzene rings is 1. The first-order valence-corrected chi connectivity index (χ1v) is 3.51. The lowest BCUT2D eigenvalue weighted by molar-refractivity contribution is 0.0696. The van der Waals surface area contributed by atoms with Crippen molar-refractivity contribution in [1.29, 1.82) is 5.26 Å². The summed E-state index contributed by atoms with van der Waals surface area (Å²) in [6.45, 7) is -0.829. The number of carbonyl (C=O) groups is 1. The van der Waals surface area contributed by atoms with E-state index < -0.39 is 12.6 Å². The van der Waals surface area contributed by atoms with E-state index in [2.05, 4.69) is 0 Å². The lowest BCUT2D eigenvalue weighted by atomic mass is 10.1. The topological polar surface area (TPSA) is 61.1 Å². The number of rotatable bonds is 2. The summed E-state index contributed by atoms with van der Waals surface area (Å²) in [5, 5.41) is 17.1. The number of hydrogen-bond donors (Lipinski definition) is 1. The average Bonchev–Trinajstić information content (AvgIpc) is 2.16. The number of carboxylic acid groups (broad SMARTS) is 1. The number of nitriles is 1. The highest BCUT2D eigenvalue weighted by Crippen LogP contribution is 2.12. The molecular formula is C9H6FNO2. The Balaban J connectivity index is 3.23. The molecule has 1 N–H and O–H groups in total. The molecule has 0 radical (unpaired) electrons. The number of aromatic carboxylic acids is 1. The molecule has 1 aromatic carbocycles. The number of hydrogen-bond acceptors (Lipinski definition) is 2. The highest BCUT2D eigenvalue weighted by Gasteiger charge is 2.07. The van der Waals surface area contributed by atoms with Gasteiger partial charge in [0.05, 0.1) is 17.2 Å². The van der Waals surface area contributed by atoms with E-state index in [1.54, 1.807) is 6.07 Å². The molecule has 0 aliphatic carbocycles. The smallest absolute Gasteiger partial charge is 0.335 e. The first-order chi connectivity index (χ1) is 6.19. The molecule has 0 spiro atoms.